The van der Waals surface area contributed by atoms with E-state index in [0.29, 0.717) is 12.2 Å². The normalized spacial score (nSPS) is 19.3. The van der Waals surface area contributed by atoms with Crippen molar-refractivity contribution in [2.75, 3.05) is 45.1 Å². The number of hydrogen-bond acceptors (Lipinski definition) is 4. The third-order valence-corrected chi connectivity index (χ3v) is 5.73. The highest BCUT2D eigenvalue weighted by molar-refractivity contribution is 6.39. The summed E-state index contributed by atoms with van der Waals surface area (Å²) in [5.74, 6) is -1.52. The fraction of sp³-hybridized carbons (Fsp3) is 0.364. The van der Waals surface area contributed by atoms with Crippen molar-refractivity contribution < 1.29 is 24.3 Å². The summed E-state index contributed by atoms with van der Waals surface area (Å²) in [6, 6.07) is 13.7. The molecule has 1 heterocycles. The second-order valence-corrected chi connectivity index (χ2v) is 8.05. The van der Waals surface area contributed by atoms with Gasteiger partial charge in [-0.3, -0.25) is 19.7 Å². The second kappa shape index (κ2) is 10.1. The SMILES string of the molecule is Cc1ccc([C@H](CNC(=O)C(=O)Nc2ccc([N+](=O)[O-])cc2)[NH+]2CC[NH+](C)CC2)cc1. The van der Waals surface area contributed by atoms with Gasteiger partial charge in [-0.25, -0.2) is 0 Å². The lowest BCUT2D eigenvalue weighted by molar-refractivity contribution is -1.02. The van der Waals surface area contributed by atoms with Crippen LogP contribution >= 0.6 is 0 Å². The number of piperazine rings is 1. The van der Waals surface area contributed by atoms with E-state index in [1.807, 2.05) is 6.92 Å². The molecule has 1 aliphatic heterocycles. The predicted molar refractivity (Wildman–Crippen MR) is 116 cm³/mol. The Kier molecular flexibility index (Phi) is 7.32. The van der Waals surface area contributed by atoms with Crippen molar-refractivity contribution in [3.8, 4) is 0 Å². The van der Waals surface area contributed by atoms with Gasteiger partial charge in [0.2, 0.25) is 0 Å². The van der Waals surface area contributed by atoms with Gasteiger partial charge in [0, 0.05) is 23.4 Å². The third-order valence-electron chi connectivity index (χ3n) is 5.73. The van der Waals surface area contributed by atoms with Crippen molar-refractivity contribution in [3.63, 3.8) is 0 Å². The Morgan fingerprint density at radius 3 is 2.19 bits per heavy atom. The smallest absolute Gasteiger partial charge is 0.313 e. The van der Waals surface area contributed by atoms with Crippen molar-refractivity contribution in [2.24, 2.45) is 0 Å². The summed E-state index contributed by atoms with van der Waals surface area (Å²) in [4.78, 5) is 37.8. The number of nitro benzene ring substituents is 1. The maximum absolute atomic E-state index is 12.4. The molecule has 9 heteroatoms. The van der Waals surface area contributed by atoms with Crippen molar-refractivity contribution in [3.05, 3.63) is 69.8 Å². The minimum absolute atomic E-state index is 0.0600. The summed E-state index contributed by atoms with van der Waals surface area (Å²) in [5, 5.41) is 16.0. The quantitative estimate of drug-likeness (QED) is 0.272. The van der Waals surface area contributed by atoms with Crippen molar-refractivity contribution in [1.82, 2.24) is 5.32 Å². The maximum atomic E-state index is 12.4. The van der Waals surface area contributed by atoms with E-state index in [1.54, 1.807) is 0 Å². The first kappa shape index (κ1) is 22.4. The molecule has 0 bridgehead atoms. The number of non-ortho nitro benzene ring substituents is 1. The average molecular weight is 428 g/mol. The number of nitrogens with zero attached hydrogens (tertiary/aromatic N) is 1. The molecule has 1 saturated heterocycles. The molecule has 0 saturated carbocycles. The van der Waals surface area contributed by atoms with Crippen LogP contribution in [0, 0.1) is 17.0 Å². The highest BCUT2D eigenvalue weighted by atomic mass is 16.6. The molecular weight excluding hydrogens is 398 g/mol. The van der Waals surface area contributed by atoms with E-state index < -0.39 is 16.7 Å². The van der Waals surface area contributed by atoms with Gasteiger partial charge in [-0.2, -0.15) is 0 Å². The van der Waals surface area contributed by atoms with Gasteiger partial charge >= 0.3 is 11.8 Å². The Balaban J connectivity index is 1.62. The third kappa shape index (κ3) is 6.09. The van der Waals surface area contributed by atoms with Crippen LogP contribution in [0.4, 0.5) is 11.4 Å². The van der Waals surface area contributed by atoms with Gasteiger partial charge in [-0.1, -0.05) is 29.8 Å². The molecule has 0 aromatic heterocycles. The zero-order valence-electron chi connectivity index (χ0n) is 17.8. The number of likely N-dealkylation sites (N-methyl/N-ethyl adjacent to an activating group) is 1. The fourth-order valence-corrected chi connectivity index (χ4v) is 3.77. The van der Waals surface area contributed by atoms with Gasteiger partial charge in [0.1, 0.15) is 32.2 Å². The molecule has 1 fully saturated rings. The summed E-state index contributed by atoms with van der Waals surface area (Å²) in [5.41, 5.74) is 2.55. The molecule has 164 valence electrons. The van der Waals surface area contributed by atoms with Gasteiger partial charge in [0.05, 0.1) is 18.5 Å². The van der Waals surface area contributed by atoms with Gasteiger partial charge in [0.15, 0.2) is 0 Å². The zero-order valence-corrected chi connectivity index (χ0v) is 17.8. The first-order chi connectivity index (χ1) is 14.8. The molecule has 0 aliphatic carbocycles. The summed E-state index contributed by atoms with van der Waals surface area (Å²) in [6.07, 6.45) is 0. The Morgan fingerprint density at radius 2 is 1.61 bits per heavy atom. The van der Waals surface area contributed by atoms with Crippen LogP contribution in [0.2, 0.25) is 0 Å². The highest BCUT2D eigenvalue weighted by Crippen LogP contribution is 2.15. The number of nitro groups is 1. The molecule has 9 nitrogen and oxygen atoms in total. The summed E-state index contributed by atoms with van der Waals surface area (Å²) >= 11 is 0. The lowest BCUT2D eigenvalue weighted by atomic mass is 10.0. The zero-order chi connectivity index (χ0) is 22.4. The molecular formula is C22H29N5O4+2. The van der Waals surface area contributed by atoms with Crippen LogP contribution in [-0.4, -0.2) is 56.5 Å². The van der Waals surface area contributed by atoms with E-state index in [1.165, 1.54) is 39.6 Å². The summed E-state index contributed by atoms with van der Waals surface area (Å²) in [6.45, 7) is 6.50. The molecule has 2 aromatic carbocycles. The average Bonchev–Trinajstić information content (AvgIpc) is 2.76. The van der Waals surface area contributed by atoms with E-state index in [9.17, 15) is 19.7 Å². The number of hydrogen-bond donors (Lipinski definition) is 4. The van der Waals surface area contributed by atoms with Crippen LogP contribution in [0.1, 0.15) is 17.2 Å². The molecule has 3 rings (SSSR count). The van der Waals surface area contributed by atoms with E-state index >= 15 is 0 Å². The summed E-state index contributed by atoms with van der Waals surface area (Å²) in [7, 11) is 2.18. The van der Waals surface area contributed by atoms with Gasteiger partial charge in [-0.05, 0) is 19.1 Å². The number of benzene rings is 2. The fourth-order valence-electron chi connectivity index (χ4n) is 3.77. The van der Waals surface area contributed by atoms with Crippen molar-refractivity contribution in [2.45, 2.75) is 13.0 Å². The highest BCUT2D eigenvalue weighted by Gasteiger charge is 2.30. The number of rotatable bonds is 6. The molecule has 1 aliphatic rings. The molecule has 0 radical (unpaired) electrons. The van der Waals surface area contributed by atoms with Crippen LogP contribution in [0.3, 0.4) is 0 Å². The first-order valence-electron chi connectivity index (χ1n) is 10.4. The number of carbonyl (C=O) groups is 2. The Labute approximate surface area is 181 Å². The second-order valence-electron chi connectivity index (χ2n) is 8.05. The monoisotopic (exact) mass is 427 g/mol. The van der Waals surface area contributed by atoms with Gasteiger partial charge in [-0.15, -0.1) is 0 Å². The number of nitrogens with one attached hydrogen (secondary N) is 4. The Bertz CT molecular complexity index is 922. The number of quaternary nitrogens is 2. The molecule has 0 unspecified atom stereocenters. The van der Waals surface area contributed by atoms with E-state index in [0.717, 1.165) is 31.7 Å². The molecule has 2 aromatic rings. The molecule has 2 amide bonds. The maximum Gasteiger partial charge on any atom is 0.313 e. The minimum atomic E-state index is -0.797. The minimum Gasteiger partial charge on any atom is -0.341 e. The topological polar surface area (TPSA) is 110 Å². The van der Waals surface area contributed by atoms with Gasteiger partial charge < -0.3 is 20.4 Å². The van der Waals surface area contributed by atoms with Crippen molar-refractivity contribution in [1.29, 1.82) is 0 Å². The van der Waals surface area contributed by atoms with Crippen LogP contribution in [0.25, 0.3) is 0 Å². The molecule has 4 N–H and O–H groups in total. The van der Waals surface area contributed by atoms with E-state index in [4.69, 9.17) is 0 Å². The lowest BCUT2D eigenvalue weighted by Gasteiger charge is -2.33. The first-order valence-corrected chi connectivity index (χ1v) is 10.4. The Hall–Kier alpha value is -3.30. The van der Waals surface area contributed by atoms with Crippen molar-refractivity contribution >= 4 is 23.2 Å². The number of aryl methyl sites for hydroxylation is 1. The van der Waals surface area contributed by atoms with Crippen LogP contribution in [0.5, 0.6) is 0 Å². The Morgan fingerprint density at radius 1 is 1.00 bits per heavy atom. The molecule has 31 heavy (non-hydrogen) atoms. The molecule has 0 spiro atoms. The number of carbonyl (C=O) groups excluding carboxylic acids is 2. The van der Waals surface area contributed by atoms with Gasteiger partial charge in [0.25, 0.3) is 5.69 Å². The lowest BCUT2D eigenvalue weighted by Crippen LogP contribution is -3.27. The predicted octanol–water partition coefficient (Wildman–Crippen LogP) is -0.888. The number of amides is 2. The largest absolute Gasteiger partial charge is 0.341 e. The summed E-state index contributed by atoms with van der Waals surface area (Å²) < 4.78 is 0. The molecule has 1 atom stereocenters. The number of anilines is 1. The van der Waals surface area contributed by atoms with Crippen LogP contribution in [-0.2, 0) is 9.59 Å². The van der Waals surface area contributed by atoms with Crippen LogP contribution < -0.4 is 20.4 Å². The van der Waals surface area contributed by atoms with Crippen LogP contribution in [0.15, 0.2) is 48.5 Å². The standard InChI is InChI=1S/C22H27N5O4/c1-16-3-5-17(6-4-16)20(26-13-11-25(2)12-14-26)15-23-21(28)22(29)24-18-7-9-19(10-8-18)27(30)31/h3-10,20H,11-15H2,1-2H3,(H,23,28)(H,24,29)/p+2/t20-/m0/s1. The van der Waals surface area contributed by atoms with E-state index in [-0.39, 0.29) is 11.7 Å². The van der Waals surface area contributed by atoms with E-state index in [2.05, 4.69) is 41.9 Å².